The first-order chi connectivity index (χ1) is 7.70. The SMILES string of the molecule is C[C@@H](CCS(=O)(=O)O)c1c(Cl)nc(Cl)nc1Cl. The highest BCUT2D eigenvalue weighted by molar-refractivity contribution is 7.85. The number of aromatic nitrogens is 2. The third-order valence-electron chi connectivity index (χ3n) is 2.13. The van der Waals surface area contributed by atoms with E-state index in [0.29, 0.717) is 5.56 Å². The summed E-state index contributed by atoms with van der Waals surface area (Å²) in [4.78, 5) is 7.45. The third-order valence-corrected chi connectivity index (χ3v) is 3.62. The van der Waals surface area contributed by atoms with Crippen LogP contribution in [-0.4, -0.2) is 28.7 Å². The van der Waals surface area contributed by atoms with Gasteiger partial charge >= 0.3 is 0 Å². The molecule has 0 bridgehead atoms. The molecule has 0 radical (unpaired) electrons. The van der Waals surface area contributed by atoms with Crippen molar-refractivity contribution < 1.29 is 13.0 Å². The van der Waals surface area contributed by atoms with Crippen LogP contribution >= 0.6 is 34.8 Å². The van der Waals surface area contributed by atoms with Gasteiger partial charge in [-0.1, -0.05) is 30.1 Å². The zero-order valence-electron chi connectivity index (χ0n) is 8.69. The first-order valence-electron chi connectivity index (χ1n) is 4.54. The maximum atomic E-state index is 10.6. The molecule has 96 valence electrons. The Kier molecular flexibility index (Phi) is 4.97. The molecular formula is C8H9Cl3N2O3S. The standard InChI is InChI=1S/C8H9Cl3N2O3S/c1-4(2-3-17(14,15)16)5-6(9)12-8(11)13-7(5)10/h4H,2-3H2,1H3,(H,14,15,16)/t4-/m0/s1. The van der Waals surface area contributed by atoms with Gasteiger partial charge in [-0.25, -0.2) is 9.97 Å². The summed E-state index contributed by atoms with van der Waals surface area (Å²) in [6.45, 7) is 1.70. The van der Waals surface area contributed by atoms with E-state index in [2.05, 4.69) is 9.97 Å². The lowest BCUT2D eigenvalue weighted by Gasteiger charge is -2.13. The molecule has 0 aliphatic rings. The van der Waals surface area contributed by atoms with E-state index in [9.17, 15) is 8.42 Å². The van der Waals surface area contributed by atoms with E-state index in [4.69, 9.17) is 39.4 Å². The number of hydrogen-bond donors (Lipinski definition) is 1. The molecule has 0 saturated heterocycles. The summed E-state index contributed by atoms with van der Waals surface area (Å²) in [6.07, 6.45) is 0.156. The van der Waals surface area contributed by atoms with Crippen LogP contribution in [-0.2, 0) is 10.1 Å². The zero-order chi connectivity index (χ0) is 13.2. The van der Waals surface area contributed by atoms with Crippen LogP contribution in [0.5, 0.6) is 0 Å². The Bertz CT molecular complexity index is 498. The second-order valence-electron chi connectivity index (χ2n) is 3.46. The van der Waals surface area contributed by atoms with Crippen LogP contribution < -0.4 is 0 Å². The van der Waals surface area contributed by atoms with Gasteiger partial charge in [0.15, 0.2) is 0 Å². The van der Waals surface area contributed by atoms with E-state index >= 15 is 0 Å². The summed E-state index contributed by atoms with van der Waals surface area (Å²) < 4.78 is 29.9. The van der Waals surface area contributed by atoms with Crippen molar-refractivity contribution in [2.24, 2.45) is 0 Å². The first kappa shape index (κ1) is 14.9. The van der Waals surface area contributed by atoms with Gasteiger partial charge in [-0.3, -0.25) is 4.55 Å². The Labute approximate surface area is 114 Å². The van der Waals surface area contributed by atoms with Gasteiger partial charge in [-0.05, 0) is 23.9 Å². The smallest absolute Gasteiger partial charge is 0.264 e. The lowest BCUT2D eigenvalue weighted by molar-refractivity contribution is 0.478. The molecule has 5 nitrogen and oxygen atoms in total. The highest BCUT2D eigenvalue weighted by atomic mass is 35.5. The zero-order valence-corrected chi connectivity index (χ0v) is 11.8. The minimum atomic E-state index is -4.01. The van der Waals surface area contributed by atoms with Crippen molar-refractivity contribution in [3.63, 3.8) is 0 Å². The fourth-order valence-electron chi connectivity index (χ4n) is 1.27. The van der Waals surface area contributed by atoms with Crippen LogP contribution in [0.15, 0.2) is 0 Å². The predicted molar refractivity (Wildman–Crippen MR) is 66.5 cm³/mol. The quantitative estimate of drug-likeness (QED) is 0.524. The van der Waals surface area contributed by atoms with E-state index < -0.39 is 10.1 Å². The van der Waals surface area contributed by atoms with Crippen molar-refractivity contribution in [2.75, 3.05) is 5.75 Å². The summed E-state index contributed by atoms with van der Waals surface area (Å²) in [5.74, 6) is -0.696. The van der Waals surface area contributed by atoms with E-state index in [1.54, 1.807) is 6.92 Å². The van der Waals surface area contributed by atoms with Crippen molar-refractivity contribution >= 4 is 44.9 Å². The Balaban J connectivity index is 2.93. The monoisotopic (exact) mass is 318 g/mol. The van der Waals surface area contributed by atoms with Crippen molar-refractivity contribution in [3.05, 3.63) is 21.2 Å². The van der Waals surface area contributed by atoms with Gasteiger partial charge in [0.2, 0.25) is 5.28 Å². The number of rotatable bonds is 4. The van der Waals surface area contributed by atoms with Gasteiger partial charge in [-0.15, -0.1) is 0 Å². The number of hydrogen-bond acceptors (Lipinski definition) is 4. The summed E-state index contributed by atoms with van der Waals surface area (Å²) in [7, 11) is -4.01. The minimum Gasteiger partial charge on any atom is -0.286 e. The average molecular weight is 320 g/mol. The molecule has 0 aromatic carbocycles. The maximum Gasteiger partial charge on any atom is 0.264 e. The second kappa shape index (κ2) is 5.67. The molecule has 17 heavy (non-hydrogen) atoms. The molecule has 0 spiro atoms. The topological polar surface area (TPSA) is 80.2 Å². The van der Waals surface area contributed by atoms with Crippen LogP contribution in [0.25, 0.3) is 0 Å². The lowest BCUT2D eigenvalue weighted by atomic mass is 10.0. The highest BCUT2D eigenvalue weighted by Crippen LogP contribution is 2.31. The molecule has 0 fully saturated rings. The fraction of sp³-hybridized carbons (Fsp3) is 0.500. The van der Waals surface area contributed by atoms with Gasteiger partial charge in [0, 0.05) is 5.56 Å². The molecule has 0 saturated carbocycles. The molecule has 1 atom stereocenters. The van der Waals surface area contributed by atoms with Crippen LogP contribution in [0.4, 0.5) is 0 Å². The molecule has 1 heterocycles. The van der Waals surface area contributed by atoms with Crippen LogP contribution in [0.2, 0.25) is 15.6 Å². The Morgan fingerprint density at radius 2 is 1.71 bits per heavy atom. The van der Waals surface area contributed by atoms with Crippen LogP contribution in [0.3, 0.4) is 0 Å². The van der Waals surface area contributed by atoms with Crippen molar-refractivity contribution in [3.8, 4) is 0 Å². The summed E-state index contributed by atoms with van der Waals surface area (Å²) in [6, 6.07) is 0. The molecule has 1 aromatic rings. The Hall–Kier alpha value is -0.140. The van der Waals surface area contributed by atoms with Gasteiger partial charge < -0.3 is 0 Å². The van der Waals surface area contributed by atoms with Gasteiger partial charge in [-0.2, -0.15) is 8.42 Å². The van der Waals surface area contributed by atoms with Crippen molar-refractivity contribution in [1.82, 2.24) is 9.97 Å². The molecular weight excluding hydrogens is 311 g/mol. The van der Waals surface area contributed by atoms with E-state index in [-0.39, 0.29) is 33.7 Å². The van der Waals surface area contributed by atoms with Gasteiger partial charge in [0.1, 0.15) is 10.3 Å². The molecule has 1 N–H and O–H groups in total. The van der Waals surface area contributed by atoms with Crippen LogP contribution in [0.1, 0.15) is 24.8 Å². The first-order valence-corrected chi connectivity index (χ1v) is 7.28. The Morgan fingerprint density at radius 3 is 2.12 bits per heavy atom. The minimum absolute atomic E-state index is 0.0780. The lowest BCUT2D eigenvalue weighted by Crippen LogP contribution is -2.09. The molecule has 0 unspecified atom stereocenters. The van der Waals surface area contributed by atoms with Gasteiger partial charge in [0.25, 0.3) is 10.1 Å². The molecule has 0 aliphatic heterocycles. The second-order valence-corrected chi connectivity index (χ2v) is 6.09. The number of halogens is 3. The third kappa shape index (κ3) is 4.56. The molecule has 0 aliphatic carbocycles. The number of nitrogens with zero attached hydrogens (tertiary/aromatic N) is 2. The molecule has 1 rings (SSSR count). The molecule has 0 amide bonds. The normalized spacial score (nSPS) is 13.7. The summed E-state index contributed by atoms with van der Waals surface area (Å²) >= 11 is 17.2. The summed E-state index contributed by atoms with van der Waals surface area (Å²) in [5.41, 5.74) is 0.418. The summed E-state index contributed by atoms with van der Waals surface area (Å²) in [5, 5.41) is 0.0846. The van der Waals surface area contributed by atoms with Gasteiger partial charge in [0.05, 0.1) is 5.75 Å². The fourth-order valence-corrected chi connectivity index (χ4v) is 2.94. The van der Waals surface area contributed by atoms with E-state index in [1.165, 1.54) is 0 Å². The molecule has 9 heteroatoms. The van der Waals surface area contributed by atoms with Crippen LogP contribution in [0, 0.1) is 0 Å². The largest absolute Gasteiger partial charge is 0.286 e. The maximum absolute atomic E-state index is 10.6. The van der Waals surface area contributed by atoms with Crippen molar-refractivity contribution in [1.29, 1.82) is 0 Å². The average Bonchev–Trinajstić information content (AvgIpc) is 2.11. The predicted octanol–water partition coefficient (Wildman–Crippen LogP) is 2.82. The highest BCUT2D eigenvalue weighted by Gasteiger charge is 2.19. The van der Waals surface area contributed by atoms with E-state index in [0.717, 1.165) is 0 Å². The molecule has 1 aromatic heterocycles. The van der Waals surface area contributed by atoms with Crippen molar-refractivity contribution in [2.45, 2.75) is 19.3 Å². The van der Waals surface area contributed by atoms with E-state index in [1.807, 2.05) is 0 Å². The Morgan fingerprint density at radius 1 is 1.24 bits per heavy atom.